The fraction of sp³-hybridized carbons (Fsp3) is 1.00. The molecule has 84 valence electrons. The highest BCUT2D eigenvalue weighted by Gasteiger charge is 2.45. The van der Waals surface area contributed by atoms with Crippen molar-refractivity contribution in [2.45, 2.75) is 36.7 Å². The van der Waals surface area contributed by atoms with E-state index >= 15 is 0 Å². The smallest absolute Gasteiger partial charge is 0.283 e. The summed E-state index contributed by atoms with van der Waals surface area (Å²) in [5.74, 6) is 0. The van der Waals surface area contributed by atoms with E-state index in [1.54, 1.807) is 0 Å². The fourth-order valence-corrected chi connectivity index (χ4v) is 2.30. The number of aliphatic hydroxyl groups is 3. The summed E-state index contributed by atoms with van der Waals surface area (Å²) in [4.78, 5) is 0. The quantitative estimate of drug-likeness (QED) is 0.308. The topological polar surface area (TPSA) is 127 Å². The molecule has 0 radical (unpaired) electrons. The first-order valence-electron chi connectivity index (χ1n) is 4.01. The summed E-state index contributed by atoms with van der Waals surface area (Å²) in [6.07, 6.45) is -4.63. The van der Waals surface area contributed by atoms with Crippen molar-refractivity contribution >= 4 is 10.1 Å². The molecule has 5 N–H and O–H groups in total. The third kappa shape index (κ3) is 2.05. The maximum atomic E-state index is 10.7. The molecule has 0 bridgehead atoms. The predicted molar refractivity (Wildman–Crippen MR) is 46.0 cm³/mol. The van der Waals surface area contributed by atoms with Gasteiger partial charge < -0.3 is 15.3 Å². The van der Waals surface area contributed by atoms with Crippen LogP contribution in [0, 0.1) is 0 Å². The third-order valence-electron chi connectivity index (χ3n) is 2.27. The van der Waals surface area contributed by atoms with Gasteiger partial charge in [0, 0.05) is 6.04 Å². The molecule has 1 saturated heterocycles. The standard InChI is InChI=1S/C6H13NO6S/c1-2-3(8)4(9)5(10)6(7-2)14(11,12)13/h2-10H,1H3,(H,11,12,13)/t2-,3+,4-,5+,6+/m0/s1. The molecule has 1 aliphatic heterocycles. The van der Waals surface area contributed by atoms with E-state index < -0.39 is 39.8 Å². The Balaban J connectivity index is 2.92. The minimum Gasteiger partial charge on any atom is -0.389 e. The molecule has 0 aromatic carbocycles. The van der Waals surface area contributed by atoms with Crippen LogP contribution in [0.15, 0.2) is 0 Å². The highest BCUT2D eigenvalue weighted by molar-refractivity contribution is 7.86. The van der Waals surface area contributed by atoms with Crippen LogP contribution in [0.3, 0.4) is 0 Å². The number of hydrogen-bond acceptors (Lipinski definition) is 6. The van der Waals surface area contributed by atoms with Gasteiger partial charge in [-0.1, -0.05) is 0 Å². The van der Waals surface area contributed by atoms with E-state index in [9.17, 15) is 23.7 Å². The zero-order chi connectivity index (χ0) is 11.1. The Morgan fingerprint density at radius 1 is 1.07 bits per heavy atom. The van der Waals surface area contributed by atoms with Gasteiger partial charge in [-0.2, -0.15) is 8.42 Å². The van der Waals surface area contributed by atoms with Gasteiger partial charge in [0.1, 0.15) is 12.2 Å². The van der Waals surface area contributed by atoms with Crippen LogP contribution in [0.4, 0.5) is 0 Å². The van der Waals surface area contributed by atoms with Crippen LogP contribution in [-0.2, 0) is 10.1 Å². The average Bonchev–Trinajstić information content (AvgIpc) is 2.06. The zero-order valence-electron chi connectivity index (χ0n) is 7.40. The maximum absolute atomic E-state index is 10.7. The summed E-state index contributed by atoms with van der Waals surface area (Å²) in [7, 11) is -4.50. The second-order valence-electron chi connectivity index (χ2n) is 3.36. The lowest BCUT2D eigenvalue weighted by atomic mass is 9.97. The molecular weight excluding hydrogens is 214 g/mol. The van der Waals surface area contributed by atoms with Crippen LogP contribution in [0.25, 0.3) is 0 Å². The molecule has 0 unspecified atom stereocenters. The van der Waals surface area contributed by atoms with E-state index in [2.05, 4.69) is 5.32 Å². The van der Waals surface area contributed by atoms with Gasteiger partial charge in [-0.3, -0.25) is 9.87 Å². The summed E-state index contributed by atoms with van der Waals surface area (Å²) >= 11 is 0. The van der Waals surface area contributed by atoms with Gasteiger partial charge in [0.2, 0.25) is 0 Å². The van der Waals surface area contributed by atoms with Gasteiger partial charge in [0.25, 0.3) is 10.1 Å². The lowest BCUT2D eigenvalue weighted by Crippen LogP contribution is -2.65. The zero-order valence-corrected chi connectivity index (χ0v) is 8.22. The molecule has 1 heterocycles. The maximum Gasteiger partial charge on any atom is 0.283 e. The molecule has 14 heavy (non-hydrogen) atoms. The van der Waals surface area contributed by atoms with E-state index in [1.165, 1.54) is 6.92 Å². The summed E-state index contributed by atoms with van der Waals surface area (Å²) < 4.78 is 30.2. The molecule has 7 nitrogen and oxygen atoms in total. The molecule has 5 atom stereocenters. The van der Waals surface area contributed by atoms with Crippen LogP contribution in [0.5, 0.6) is 0 Å². The fourth-order valence-electron chi connectivity index (χ4n) is 1.40. The molecule has 1 aliphatic rings. The number of rotatable bonds is 1. The SMILES string of the molecule is C[C@@H]1N[C@H](S(=O)(=O)O)[C@H](O)[C@@H](O)[C@@H]1O. The van der Waals surface area contributed by atoms with E-state index in [-0.39, 0.29) is 0 Å². The summed E-state index contributed by atoms with van der Waals surface area (Å²) in [6.45, 7) is 1.43. The summed E-state index contributed by atoms with van der Waals surface area (Å²) in [5, 5.41) is 28.4. The molecule has 0 aliphatic carbocycles. The Hall–Kier alpha value is -0.250. The Morgan fingerprint density at radius 3 is 2.00 bits per heavy atom. The molecule has 0 aromatic heterocycles. The monoisotopic (exact) mass is 227 g/mol. The first kappa shape index (κ1) is 11.8. The van der Waals surface area contributed by atoms with Gasteiger partial charge >= 0.3 is 0 Å². The first-order valence-corrected chi connectivity index (χ1v) is 5.52. The molecular formula is C6H13NO6S. The Labute approximate surface area is 81.1 Å². The Kier molecular flexibility index (Phi) is 3.14. The molecule has 1 rings (SSSR count). The van der Waals surface area contributed by atoms with Crippen molar-refractivity contribution in [2.24, 2.45) is 0 Å². The predicted octanol–water partition coefficient (Wildman–Crippen LogP) is -2.73. The van der Waals surface area contributed by atoms with Crippen LogP contribution in [-0.4, -0.2) is 58.0 Å². The Bertz CT molecular complexity index is 303. The van der Waals surface area contributed by atoms with Crippen molar-refractivity contribution < 1.29 is 28.3 Å². The van der Waals surface area contributed by atoms with E-state index in [4.69, 9.17) is 4.55 Å². The van der Waals surface area contributed by atoms with E-state index in [0.717, 1.165) is 0 Å². The van der Waals surface area contributed by atoms with Gasteiger partial charge in [-0.25, -0.2) is 0 Å². The number of hydrogen-bond donors (Lipinski definition) is 5. The molecule has 8 heteroatoms. The minimum absolute atomic E-state index is 0.736. The number of piperidine rings is 1. The van der Waals surface area contributed by atoms with Crippen molar-refractivity contribution in [3.8, 4) is 0 Å². The molecule has 0 spiro atoms. The highest BCUT2D eigenvalue weighted by Crippen LogP contribution is 2.18. The number of nitrogens with one attached hydrogen (secondary N) is 1. The first-order chi connectivity index (χ1) is 6.25. The third-order valence-corrected chi connectivity index (χ3v) is 3.33. The van der Waals surface area contributed by atoms with Crippen LogP contribution in [0.2, 0.25) is 0 Å². The van der Waals surface area contributed by atoms with E-state index in [1.807, 2.05) is 0 Å². The molecule has 1 fully saturated rings. The van der Waals surface area contributed by atoms with E-state index in [0.29, 0.717) is 0 Å². The Morgan fingerprint density at radius 2 is 1.57 bits per heavy atom. The second kappa shape index (κ2) is 3.72. The van der Waals surface area contributed by atoms with Crippen molar-refractivity contribution in [2.75, 3.05) is 0 Å². The normalized spacial score (nSPS) is 45.1. The van der Waals surface area contributed by atoms with Crippen LogP contribution in [0.1, 0.15) is 6.92 Å². The minimum atomic E-state index is -4.50. The summed E-state index contributed by atoms with van der Waals surface area (Å²) in [6, 6.07) is -0.736. The lowest BCUT2D eigenvalue weighted by molar-refractivity contribution is -0.0986. The van der Waals surface area contributed by atoms with Gasteiger partial charge in [0.15, 0.2) is 5.37 Å². The van der Waals surface area contributed by atoms with Crippen molar-refractivity contribution in [1.29, 1.82) is 0 Å². The lowest BCUT2D eigenvalue weighted by Gasteiger charge is -2.38. The number of aliphatic hydroxyl groups excluding tert-OH is 3. The molecule has 0 aromatic rings. The molecule has 0 saturated carbocycles. The molecule has 0 amide bonds. The highest BCUT2D eigenvalue weighted by atomic mass is 32.2. The van der Waals surface area contributed by atoms with Crippen molar-refractivity contribution in [3.05, 3.63) is 0 Å². The van der Waals surface area contributed by atoms with Crippen molar-refractivity contribution in [1.82, 2.24) is 5.32 Å². The van der Waals surface area contributed by atoms with Gasteiger partial charge in [-0.15, -0.1) is 0 Å². The summed E-state index contributed by atoms with van der Waals surface area (Å²) in [5.41, 5.74) is 0. The largest absolute Gasteiger partial charge is 0.389 e. The second-order valence-corrected chi connectivity index (χ2v) is 4.90. The average molecular weight is 227 g/mol. The van der Waals surface area contributed by atoms with Gasteiger partial charge in [-0.05, 0) is 6.92 Å². The van der Waals surface area contributed by atoms with Crippen molar-refractivity contribution in [3.63, 3.8) is 0 Å². The van der Waals surface area contributed by atoms with Crippen LogP contribution >= 0.6 is 0 Å². The van der Waals surface area contributed by atoms with Gasteiger partial charge in [0.05, 0.1) is 6.10 Å². The van der Waals surface area contributed by atoms with Crippen LogP contribution < -0.4 is 5.32 Å².